The van der Waals surface area contributed by atoms with Gasteiger partial charge >= 0.3 is 0 Å². The fourth-order valence-electron chi connectivity index (χ4n) is 4.93. The molecule has 1 N–H and O–H groups in total. The molecule has 1 aromatic carbocycles. The van der Waals surface area contributed by atoms with Gasteiger partial charge in [-0.1, -0.05) is 37.5 Å². The molecule has 2 aliphatic rings. The quantitative estimate of drug-likeness (QED) is 0.648. The number of nitrogens with zero attached hydrogens (tertiary/aromatic N) is 3. The second-order valence-electron chi connectivity index (χ2n) is 8.96. The molecule has 3 aromatic rings. The average Bonchev–Trinajstić information content (AvgIpc) is 2.85. The zero-order valence-corrected chi connectivity index (χ0v) is 18.6. The Balaban J connectivity index is 1.27. The molecule has 0 bridgehead atoms. The second kappa shape index (κ2) is 9.25. The predicted molar refractivity (Wildman–Crippen MR) is 125 cm³/mol. The van der Waals surface area contributed by atoms with Crippen LogP contribution in [0, 0.1) is 0 Å². The van der Waals surface area contributed by atoms with Gasteiger partial charge in [-0.2, -0.15) is 0 Å². The minimum Gasteiger partial charge on any atom is -0.497 e. The van der Waals surface area contributed by atoms with E-state index < -0.39 is 0 Å². The highest BCUT2D eigenvalue weighted by molar-refractivity contribution is 5.61. The minimum absolute atomic E-state index is 0.0479. The molecule has 1 saturated carbocycles. The van der Waals surface area contributed by atoms with E-state index >= 15 is 0 Å². The van der Waals surface area contributed by atoms with Gasteiger partial charge in [0.2, 0.25) is 0 Å². The highest BCUT2D eigenvalue weighted by Gasteiger charge is 2.24. The first-order chi connectivity index (χ1) is 15.7. The fraction of sp³-hybridized carbons (Fsp3) is 0.423. The summed E-state index contributed by atoms with van der Waals surface area (Å²) < 4.78 is 5.31. The third-order valence-electron chi connectivity index (χ3n) is 6.75. The molecule has 0 unspecified atom stereocenters. The van der Waals surface area contributed by atoms with Gasteiger partial charge in [0.1, 0.15) is 11.6 Å². The Bertz CT molecular complexity index is 1130. The van der Waals surface area contributed by atoms with Crippen LogP contribution in [-0.4, -0.2) is 33.5 Å². The van der Waals surface area contributed by atoms with Crippen LogP contribution in [0.15, 0.2) is 47.4 Å². The standard InChI is InChI=1S/C26H30N4O2/c1-32-21-9-5-8-20(14-21)23-11-10-18(15-27-23)16-30-13-12-24-22(17-30)26(31)29-25(28-24)19-6-3-2-4-7-19/h5,8-11,14-15,19H,2-4,6-7,12-13,16-17H2,1H3,(H,28,29,31). The van der Waals surface area contributed by atoms with Crippen LogP contribution >= 0.6 is 0 Å². The molecule has 166 valence electrons. The molecule has 32 heavy (non-hydrogen) atoms. The smallest absolute Gasteiger partial charge is 0.255 e. The highest BCUT2D eigenvalue weighted by atomic mass is 16.5. The van der Waals surface area contributed by atoms with E-state index in [1.807, 2.05) is 36.5 Å². The van der Waals surface area contributed by atoms with E-state index in [4.69, 9.17) is 9.72 Å². The first kappa shape index (κ1) is 20.9. The lowest BCUT2D eigenvalue weighted by Crippen LogP contribution is -2.36. The van der Waals surface area contributed by atoms with Crippen molar-refractivity contribution in [3.05, 3.63) is 75.6 Å². The number of fused-ring (bicyclic) bond motifs is 1. The number of hydrogen-bond acceptors (Lipinski definition) is 5. The number of aromatic amines is 1. The molecule has 0 amide bonds. The van der Waals surface area contributed by atoms with E-state index in [1.165, 1.54) is 19.3 Å². The van der Waals surface area contributed by atoms with Crippen LogP contribution in [0.4, 0.5) is 0 Å². The number of hydrogen-bond donors (Lipinski definition) is 1. The summed E-state index contributed by atoms with van der Waals surface area (Å²) in [6.45, 7) is 2.32. The summed E-state index contributed by atoms with van der Waals surface area (Å²) in [6.07, 6.45) is 8.83. The van der Waals surface area contributed by atoms with Crippen molar-refractivity contribution in [2.24, 2.45) is 0 Å². The molecule has 0 radical (unpaired) electrons. The van der Waals surface area contributed by atoms with Crippen molar-refractivity contribution in [3.8, 4) is 17.0 Å². The van der Waals surface area contributed by atoms with Gasteiger partial charge < -0.3 is 9.72 Å². The molecular formula is C26H30N4O2. The number of ether oxygens (including phenoxy) is 1. The van der Waals surface area contributed by atoms with Gasteiger partial charge in [-0.3, -0.25) is 14.7 Å². The first-order valence-electron chi connectivity index (χ1n) is 11.6. The molecular weight excluding hydrogens is 400 g/mol. The lowest BCUT2D eigenvalue weighted by atomic mass is 9.88. The zero-order chi connectivity index (χ0) is 21.9. The molecule has 0 spiro atoms. The van der Waals surface area contributed by atoms with Crippen LogP contribution in [0.5, 0.6) is 5.75 Å². The number of rotatable bonds is 5. The van der Waals surface area contributed by atoms with E-state index in [0.29, 0.717) is 12.5 Å². The summed E-state index contributed by atoms with van der Waals surface area (Å²) in [6, 6.07) is 12.1. The maximum atomic E-state index is 12.8. The van der Waals surface area contributed by atoms with Gasteiger partial charge in [0.15, 0.2) is 0 Å². The maximum Gasteiger partial charge on any atom is 0.255 e. The highest BCUT2D eigenvalue weighted by Crippen LogP contribution is 2.31. The Kier molecular flexibility index (Phi) is 6.04. The Labute approximate surface area is 188 Å². The summed E-state index contributed by atoms with van der Waals surface area (Å²) in [7, 11) is 1.67. The average molecular weight is 431 g/mol. The van der Waals surface area contributed by atoms with E-state index in [9.17, 15) is 4.79 Å². The van der Waals surface area contributed by atoms with Crippen molar-refractivity contribution < 1.29 is 4.74 Å². The molecule has 2 aromatic heterocycles. The number of benzene rings is 1. The zero-order valence-electron chi connectivity index (χ0n) is 18.6. The molecule has 1 aliphatic carbocycles. The van der Waals surface area contributed by atoms with Gasteiger partial charge in [-0.05, 0) is 36.6 Å². The Morgan fingerprint density at radius 1 is 1.16 bits per heavy atom. The molecule has 5 rings (SSSR count). The third kappa shape index (κ3) is 4.46. The number of methoxy groups -OCH3 is 1. The van der Waals surface area contributed by atoms with E-state index in [1.54, 1.807) is 7.11 Å². The van der Waals surface area contributed by atoms with Gasteiger partial charge in [0, 0.05) is 43.7 Å². The molecule has 1 fully saturated rings. The van der Waals surface area contributed by atoms with Gasteiger partial charge in [-0.25, -0.2) is 4.98 Å². The Morgan fingerprint density at radius 3 is 2.81 bits per heavy atom. The second-order valence-corrected chi connectivity index (χ2v) is 8.96. The van der Waals surface area contributed by atoms with Gasteiger partial charge in [0.05, 0.1) is 24.1 Å². The molecule has 0 saturated heterocycles. The molecule has 3 heterocycles. The van der Waals surface area contributed by atoms with E-state index in [2.05, 4.69) is 20.9 Å². The molecule has 0 atom stereocenters. The van der Waals surface area contributed by atoms with Crippen LogP contribution in [0.25, 0.3) is 11.3 Å². The number of nitrogens with one attached hydrogen (secondary N) is 1. The lowest BCUT2D eigenvalue weighted by Gasteiger charge is -2.28. The molecule has 6 heteroatoms. The van der Waals surface area contributed by atoms with Crippen molar-refractivity contribution in [1.29, 1.82) is 0 Å². The summed E-state index contributed by atoms with van der Waals surface area (Å²) in [5.41, 5.74) is 4.98. The Hall–Kier alpha value is -2.99. The van der Waals surface area contributed by atoms with Crippen LogP contribution in [0.2, 0.25) is 0 Å². The minimum atomic E-state index is 0.0479. The van der Waals surface area contributed by atoms with Crippen LogP contribution < -0.4 is 10.3 Å². The van der Waals surface area contributed by atoms with Crippen molar-refractivity contribution in [2.75, 3.05) is 13.7 Å². The predicted octanol–water partition coefficient (Wildman–Crippen LogP) is 4.45. The third-order valence-corrected chi connectivity index (χ3v) is 6.75. The maximum absolute atomic E-state index is 12.8. The Morgan fingerprint density at radius 2 is 2.03 bits per heavy atom. The van der Waals surface area contributed by atoms with Crippen LogP contribution in [0.3, 0.4) is 0 Å². The molecule has 6 nitrogen and oxygen atoms in total. The van der Waals surface area contributed by atoms with Gasteiger partial charge in [-0.15, -0.1) is 0 Å². The van der Waals surface area contributed by atoms with Crippen molar-refractivity contribution in [3.63, 3.8) is 0 Å². The summed E-state index contributed by atoms with van der Waals surface area (Å²) in [5.74, 6) is 2.17. The SMILES string of the molecule is COc1cccc(-c2ccc(CN3CCc4nc(C5CCCCC5)[nH]c(=O)c4C3)cn2)c1. The summed E-state index contributed by atoms with van der Waals surface area (Å²) in [5, 5.41) is 0. The molecule has 1 aliphatic heterocycles. The normalized spacial score (nSPS) is 17.2. The number of aromatic nitrogens is 3. The summed E-state index contributed by atoms with van der Waals surface area (Å²) in [4.78, 5) is 27.8. The van der Waals surface area contributed by atoms with Gasteiger partial charge in [0.25, 0.3) is 5.56 Å². The monoisotopic (exact) mass is 430 g/mol. The van der Waals surface area contributed by atoms with Crippen LogP contribution in [0.1, 0.15) is 60.7 Å². The number of H-pyrrole nitrogens is 1. The van der Waals surface area contributed by atoms with Crippen molar-refractivity contribution in [2.45, 2.75) is 57.5 Å². The first-order valence-corrected chi connectivity index (χ1v) is 11.6. The van der Waals surface area contributed by atoms with E-state index in [-0.39, 0.29) is 5.56 Å². The summed E-state index contributed by atoms with van der Waals surface area (Å²) >= 11 is 0. The van der Waals surface area contributed by atoms with E-state index in [0.717, 1.165) is 72.0 Å². The van der Waals surface area contributed by atoms with Crippen molar-refractivity contribution in [1.82, 2.24) is 19.9 Å². The fourth-order valence-corrected chi connectivity index (χ4v) is 4.93. The van der Waals surface area contributed by atoms with Crippen molar-refractivity contribution >= 4 is 0 Å². The largest absolute Gasteiger partial charge is 0.497 e. The lowest BCUT2D eigenvalue weighted by molar-refractivity contribution is 0.240. The number of pyridine rings is 1. The topological polar surface area (TPSA) is 71.1 Å². The van der Waals surface area contributed by atoms with Crippen LogP contribution in [-0.2, 0) is 19.5 Å².